The molecule has 1 N–H and O–H groups in total. The molecule has 1 aromatic carbocycles. The summed E-state index contributed by atoms with van der Waals surface area (Å²) in [5.41, 5.74) is 3.34. The Morgan fingerprint density at radius 1 is 1.05 bits per heavy atom. The van der Waals surface area contributed by atoms with Gasteiger partial charge in [-0.3, -0.25) is 4.98 Å². The lowest BCUT2D eigenvalue weighted by atomic mass is 10.1. The molecule has 0 saturated carbocycles. The largest absolute Gasteiger partial charge is 0.459 e. The predicted octanol–water partition coefficient (Wildman–Crippen LogP) is 4.55. The number of benzene rings is 1. The molecule has 0 aliphatic heterocycles. The Kier molecular flexibility index (Phi) is 3.76. The SMILES string of the molecule is Cc1c(C(C)NC(C)c2cccnc2)oc2ccccc12. The number of furan rings is 1. The van der Waals surface area contributed by atoms with Crippen molar-refractivity contribution < 1.29 is 4.42 Å². The Bertz CT molecular complexity index is 733. The molecule has 108 valence electrons. The van der Waals surface area contributed by atoms with Crippen LogP contribution in [0.15, 0.2) is 53.2 Å². The molecular weight excluding hydrogens is 260 g/mol. The van der Waals surface area contributed by atoms with Gasteiger partial charge in [-0.2, -0.15) is 0 Å². The van der Waals surface area contributed by atoms with Crippen LogP contribution in [0.4, 0.5) is 0 Å². The van der Waals surface area contributed by atoms with Crippen LogP contribution < -0.4 is 5.32 Å². The van der Waals surface area contributed by atoms with Crippen LogP contribution >= 0.6 is 0 Å². The Hall–Kier alpha value is -2.13. The zero-order chi connectivity index (χ0) is 14.8. The van der Waals surface area contributed by atoms with E-state index in [1.54, 1.807) is 6.20 Å². The van der Waals surface area contributed by atoms with E-state index < -0.39 is 0 Å². The molecule has 3 heteroatoms. The Balaban J connectivity index is 1.84. The second kappa shape index (κ2) is 5.70. The molecule has 2 aromatic heterocycles. The van der Waals surface area contributed by atoms with Crippen molar-refractivity contribution in [1.82, 2.24) is 10.3 Å². The number of pyridine rings is 1. The smallest absolute Gasteiger partial charge is 0.134 e. The van der Waals surface area contributed by atoms with Crippen LogP contribution in [0.1, 0.15) is 42.8 Å². The number of nitrogens with one attached hydrogen (secondary N) is 1. The summed E-state index contributed by atoms with van der Waals surface area (Å²) in [4.78, 5) is 4.17. The highest BCUT2D eigenvalue weighted by molar-refractivity contribution is 5.82. The molecule has 21 heavy (non-hydrogen) atoms. The summed E-state index contributed by atoms with van der Waals surface area (Å²) in [5.74, 6) is 1.01. The second-order valence-corrected chi connectivity index (χ2v) is 5.48. The molecule has 0 amide bonds. The number of para-hydroxylation sites is 1. The minimum atomic E-state index is 0.146. The molecule has 3 nitrogen and oxygen atoms in total. The van der Waals surface area contributed by atoms with E-state index in [9.17, 15) is 0 Å². The lowest BCUT2D eigenvalue weighted by Gasteiger charge is -2.19. The Labute approximate surface area is 125 Å². The molecule has 3 aromatic rings. The highest BCUT2D eigenvalue weighted by atomic mass is 16.3. The van der Waals surface area contributed by atoms with E-state index in [-0.39, 0.29) is 12.1 Å². The maximum absolute atomic E-state index is 6.02. The molecule has 0 saturated heterocycles. The molecule has 0 fully saturated rings. The monoisotopic (exact) mass is 280 g/mol. The number of rotatable bonds is 4. The molecule has 2 heterocycles. The minimum Gasteiger partial charge on any atom is -0.459 e. The lowest BCUT2D eigenvalue weighted by molar-refractivity contribution is 0.414. The van der Waals surface area contributed by atoms with Gasteiger partial charge in [0.15, 0.2) is 0 Å². The first-order valence-corrected chi connectivity index (χ1v) is 7.31. The summed E-state index contributed by atoms with van der Waals surface area (Å²) in [5, 5.41) is 4.77. The zero-order valence-electron chi connectivity index (χ0n) is 12.6. The van der Waals surface area contributed by atoms with Gasteiger partial charge in [0.2, 0.25) is 0 Å². The van der Waals surface area contributed by atoms with Gasteiger partial charge in [-0.1, -0.05) is 24.3 Å². The van der Waals surface area contributed by atoms with Gasteiger partial charge in [0.05, 0.1) is 6.04 Å². The van der Waals surface area contributed by atoms with Crippen molar-refractivity contribution in [2.45, 2.75) is 32.9 Å². The number of hydrogen-bond donors (Lipinski definition) is 1. The van der Waals surface area contributed by atoms with Gasteiger partial charge >= 0.3 is 0 Å². The van der Waals surface area contributed by atoms with E-state index >= 15 is 0 Å². The van der Waals surface area contributed by atoms with Crippen LogP contribution in [0.5, 0.6) is 0 Å². The van der Waals surface area contributed by atoms with E-state index in [0.717, 1.165) is 11.3 Å². The summed E-state index contributed by atoms with van der Waals surface area (Å²) >= 11 is 0. The van der Waals surface area contributed by atoms with Gasteiger partial charge in [-0.05, 0) is 44.0 Å². The third-order valence-electron chi connectivity index (χ3n) is 3.96. The normalized spacial score (nSPS) is 14.2. The maximum Gasteiger partial charge on any atom is 0.134 e. The third-order valence-corrected chi connectivity index (χ3v) is 3.96. The van der Waals surface area contributed by atoms with Gasteiger partial charge in [-0.25, -0.2) is 0 Å². The van der Waals surface area contributed by atoms with Crippen LogP contribution in [-0.2, 0) is 0 Å². The first-order valence-electron chi connectivity index (χ1n) is 7.31. The van der Waals surface area contributed by atoms with Crippen molar-refractivity contribution in [1.29, 1.82) is 0 Å². The quantitative estimate of drug-likeness (QED) is 0.762. The van der Waals surface area contributed by atoms with Crippen LogP contribution in [0.25, 0.3) is 11.0 Å². The fourth-order valence-corrected chi connectivity index (χ4v) is 2.79. The Morgan fingerprint density at radius 3 is 2.57 bits per heavy atom. The van der Waals surface area contributed by atoms with Crippen LogP contribution in [0.3, 0.4) is 0 Å². The summed E-state index contributed by atoms with van der Waals surface area (Å²) in [7, 11) is 0. The van der Waals surface area contributed by atoms with E-state index in [4.69, 9.17) is 4.42 Å². The van der Waals surface area contributed by atoms with Gasteiger partial charge in [-0.15, -0.1) is 0 Å². The minimum absolute atomic E-state index is 0.146. The molecule has 0 spiro atoms. The fourth-order valence-electron chi connectivity index (χ4n) is 2.79. The average Bonchev–Trinajstić information content (AvgIpc) is 2.86. The van der Waals surface area contributed by atoms with E-state index in [1.807, 2.05) is 30.5 Å². The van der Waals surface area contributed by atoms with E-state index in [0.29, 0.717) is 0 Å². The van der Waals surface area contributed by atoms with Crippen LogP contribution in [0, 0.1) is 6.92 Å². The molecule has 0 radical (unpaired) electrons. The molecule has 2 unspecified atom stereocenters. The van der Waals surface area contributed by atoms with Crippen molar-refractivity contribution in [3.63, 3.8) is 0 Å². The molecular formula is C18H20N2O. The van der Waals surface area contributed by atoms with Crippen molar-refractivity contribution >= 4 is 11.0 Å². The first kappa shape index (κ1) is 13.8. The van der Waals surface area contributed by atoms with Crippen molar-refractivity contribution in [2.24, 2.45) is 0 Å². The fraction of sp³-hybridized carbons (Fsp3) is 0.278. The summed E-state index contributed by atoms with van der Waals surface area (Å²) in [6.45, 7) is 6.40. The van der Waals surface area contributed by atoms with E-state index in [2.05, 4.69) is 43.2 Å². The van der Waals surface area contributed by atoms with Gasteiger partial charge in [0.25, 0.3) is 0 Å². The topological polar surface area (TPSA) is 38.1 Å². The first-order chi connectivity index (χ1) is 10.2. The molecule has 0 aliphatic rings. The third kappa shape index (κ3) is 2.69. The molecule has 0 aliphatic carbocycles. The average molecular weight is 280 g/mol. The zero-order valence-corrected chi connectivity index (χ0v) is 12.6. The standard InChI is InChI=1S/C18H20N2O/c1-12-16-8-4-5-9-17(16)21-18(12)14(3)20-13(2)15-7-6-10-19-11-15/h4-11,13-14,20H,1-3H3. The van der Waals surface area contributed by atoms with Crippen LogP contribution in [-0.4, -0.2) is 4.98 Å². The van der Waals surface area contributed by atoms with Gasteiger partial charge in [0, 0.05) is 23.8 Å². The van der Waals surface area contributed by atoms with Gasteiger partial charge < -0.3 is 9.73 Å². The Morgan fingerprint density at radius 2 is 1.86 bits per heavy atom. The number of fused-ring (bicyclic) bond motifs is 1. The summed E-state index contributed by atoms with van der Waals surface area (Å²) in [6.07, 6.45) is 3.69. The summed E-state index contributed by atoms with van der Waals surface area (Å²) < 4.78 is 6.02. The van der Waals surface area contributed by atoms with Crippen molar-refractivity contribution in [2.75, 3.05) is 0 Å². The molecule has 3 rings (SSSR count). The highest BCUT2D eigenvalue weighted by Crippen LogP contribution is 2.30. The van der Waals surface area contributed by atoms with Crippen molar-refractivity contribution in [3.05, 3.63) is 65.7 Å². The van der Waals surface area contributed by atoms with Crippen LogP contribution in [0.2, 0.25) is 0 Å². The highest BCUT2D eigenvalue weighted by Gasteiger charge is 2.18. The number of nitrogens with zero attached hydrogens (tertiary/aromatic N) is 1. The molecule has 0 bridgehead atoms. The molecule has 2 atom stereocenters. The van der Waals surface area contributed by atoms with E-state index in [1.165, 1.54) is 16.5 Å². The number of aromatic nitrogens is 1. The van der Waals surface area contributed by atoms with Gasteiger partial charge in [0.1, 0.15) is 11.3 Å². The second-order valence-electron chi connectivity index (χ2n) is 5.48. The lowest BCUT2D eigenvalue weighted by Crippen LogP contribution is -2.22. The maximum atomic E-state index is 6.02. The number of hydrogen-bond acceptors (Lipinski definition) is 3. The summed E-state index contributed by atoms with van der Waals surface area (Å²) in [6, 6.07) is 12.6. The predicted molar refractivity (Wildman–Crippen MR) is 85.2 cm³/mol. The number of aryl methyl sites for hydroxylation is 1. The van der Waals surface area contributed by atoms with Crippen molar-refractivity contribution in [3.8, 4) is 0 Å².